The lowest BCUT2D eigenvalue weighted by Crippen LogP contribution is -2.60. The van der Waals surface area contributed by atoms with Crippen LogP contribution >= 0.6 is 0 Å². The van der Waals surface area contributed by atoms with E-state index in [0.717, 1.165) is 12.1 Å². The normalized spacial score (nSPS) is 12.9. The molecule has 0 saturated heterocycles. The van der Waals surface area contributed by atoms with E-state index in [1.165, 1.54) is 18.2 Å². The van der Waals surface area contributed by atoms with Crippen molar-refractivity contribution in [2.75, 3.05) is 0 Å². The molecule has 0 amide bonds. The largest absolute Gasteiger partial charge is 0.456 e. The van der Waals surface area contributed by atoms with Gasteiger partial charge >= 0.3 is 18.0 Å². The Morgan fingerprint density at radius 1 is 0.889 bits per heavy atom. The summed E-state index contributed by atoms with van der Waals surface area (Å²) in [6.45, 7) is 0. The second-order valence-electron chi connectivity index (χ2n) is 3.20. The van der Waals surface area contributed by atoms with Crippen LogP contribution in [0, 0.1) is 11.3 Å². The molecule has 0 aromatic heterocycles. The van der Waals surface area contributed by atoms with Crippen molar-refractivity contribution in [3.05, 3.63) is 30.3 Å². The van der Waals surface area contributed by atoms with Crippen LogP contribution in [0.3, 0.4) is 0 Å². The third-order valence-electron chi connectivity index (χ3n) is 1.97. The number of benzene rings is 1. The molecule has 0 heterocycles. The summed E-state index contributed by atoms with van der Waals surface area (Å²) in [6, 6.07) is 5.70. The van der Waals surface area contributed by atoms with Crippen molar-refractivity contribution in [2.24, 2.45) is 0 Å². The lowest BCUT2D eigenvalue weighted by atomic mass is 10.0. The van der Waals surface area contributed by atoms with E-state index in [1.807, 2.05) is 0 Å². The SMILES string of the molecule is N#CC(Oc1ccccc1)(C(F)(F)F)C(F)(F)F. The quantitative estimate of drug-likeness (QED) is 0.770. The summed E-state index contributed by atoms with van der Waals surface area (Å²) in [5.74, 6) is -0.700. The summed E-state index contributed by atoms with van der Waals surface area (Å²) in [6.07, 6.45) is -11.8. The van der Waals surface area contributed by atoms with Crippen molar-refractivity contribution in [1.29, 1.82) is 5.26 Å². The van der Waals surface area contributed by atoms with Crippen LogP contribution in [0.1, 0.15) is 0 Å². The van der Waals surface area contributed by atoms with Gasteiger partial charge in [-0.1, -0.05) is 18.2 Å². The Bertz CT molecular complexity index is 430. The number of nitriles is 1. The molecule has 0 saturated carbocycles. The van der Waals surface area contributed by atoms with Gasteiger partial charge in [0.15, 0.2) is 0 Å². The van der Waals surface area contributed by atoms with Crippen molar-refractivity contribution in [1.82, 2.24) is 0 Å². The molecule has 1 aromatic rings. The van der Waals surface area contributed by atoms with Gasteiger partial charge in [-0.05, 0) is 12.1 Å². The van der Waals surface area contributed by atoms with E-state index in [0.29, 0.717) is 0 Å². The van der Waals surface area contributed by atoms with Gasteiger partial charge in [-0.15, -0.1) is 0 Å². The predicted octanol–water partition coefficient (Wildman–Crippen LogP) is 3.45. The fourth-order valence-electron chi connectivity index (χ4n) is 1.09. The van der Waals surface area contributed by atoms with Gasteiger partial charge in [0.05, 0.1) is 0 Å². The monoisotopic (exact) mass is 269 g/mol. The summed E-state index contributed by atoms with van der Waals surface area (Å²) >= 11 is 0. The molecule has 0 N–H and O–H groups in total. The first kappa shape index (κ1) is 14.2. The van der Waals surface area contributed by atoms with Crippen LogP contribution in [0.2, 0.25) is 0 Å². The molecule has 0 spiro atoms. The van der Waals surface area contributed by atoms with Crippen LogP contribution in [0.5, 0.6) is 5.75 Å². The Balaban J connectivity index is 3.27. The molecule has 0 aliphatic carbocycles. The minimum atomic E-state index is -5.91. The van der Waals surface area contributed by atoms with Crippen LogP contribution in [0.25, 0.3) is 0 Å². The lowest BCUT2D eigenvalue weighted by molar-refractivity contribution is -0.334. The molecule has 0 aliphatic heterocycles. The Morgan fingerprint density at radius 2 is 1.33 bits per heavy atom. The van der Waals surface area contributed by atoms with Gasteiger partial charge in [0.25, 0.3) is 0 Å². The molecular formula is C10H5F6NO. The Kier molecular flexibility index (Phi) is 3.46. The van der Waals surface area contributed by atoms with E-state index in [-0.39, 0.29) is 6.07 Å². The molecule has 0 aliphatic rings. The highest BCUT2D eigenvalue weighted by Crippen LogP contribution is 2.45. The van der Waals surface area contributed by atoms with E-state index < -0.39 is 23.7 Å². The van der Waals surface area contributed by atoms with Crippen LogP contribution in [0.15, 0.2) is 30.3 Å². The highest BCUT2D eigenvalue weighted by molar-refractivity contribution is 5.26. The van der Waals surface area contributed by atoms with Gasteiger partial charge in [-0.2, -0.15) is 31.6 Å². The first-order chi connectivity index (χ1) is 8.14. The number of nitrogens with zero attached hydrogens (tertiary/aromatic N) is 1. The number of para-hydroxylation sites is 1. The predicted molar refractivity (Wildman–Crippen MR) is 47.5 cm³/mol. The maximum absolute atomic E-state index is 12.5. The van der Waals surface area contributed by atoms with E-state index >= 15 is 0 Å². The highest BCUT2D eigenvalue weighted by Gasteiger charge is 2.75. The molecular weight excluding hydrogens is 264 g/mol. The molecule has 0 bridgehead atoms. The van der Waals surface area contributed by atoms with Crippen molar-refractivity contribution < 1.29 is 31.1 Å². The molecule has 0 unspecified atom stereocenters. The number of hydrogen-bond acceptors (Lipinski definition) is 2. The Hall–Kier alpha value is -1.91. The fraction of sp³-hybridized carbons (Fsp3) is 0.300. The molecule has 0 atom stereocenters. The van der Waals surface area contributed by atoms with E-state index in [2.05, 4.69) is 4.74 Å². The van der Waals surface area contributed by atoms with E-state index in [4.69, 9.17) is 5.26 Å². The van der Waals surface area contributed by atoms with Gasteiger partial charge in [0.2, 0.25) is 0 Å². The smallest absolute Gasteiger partial charge is 0.452 e. The van der Waals surface area contributed by atoms with Crippen LogP contribution in [0.4, 0.5) is 26.3 Å². The van der Waals surface area contributed by atoms with Crippen molar-refractivity contribution in [3.63, 3.8) is 0 Å². The topological polar surface area (TPSA) is 33.0 Å². The standard InChI is InChI=1S/C10H5F6NO/c11-9(12,13)8(6-17,10(14,15)16)18-7-4-2-1-3-5-7/h1-5H. The summed E-state index contributed by atoms with van der Waals surface area (Å²) in [4.78, 5) is 0. The van der Waals surface area contributed by atoms with Gasteiger partial charge in [-0.25, -0.2) is 0 Å². The molecule has 0 fully saturated rings. The summed E-state index contributed by atoms with van der Waals surface area (Å²) in [7, 11) is 0. The second kappa shape index (κ2) is 4.40. The third-order valence-corrected chi connectivity index (χ3v) is 1.97. The van der Waals surface area contributed by atoms with Gasteiger partial charge in [-0.3, -0.25) is 0 Å². The minimum Gasteiger partial charge on any atom is -0.456 e. The summed E-state index contributed by atoms with van der Waals surface area (Å²) in [5, 5.41) is 8.29. The first-order valence-electron chi connectivity index (χ1n) is 4.43. The van der Waals surface area contributed by atoms with Crippen molar-refractivity contribution in [3.8, 4) is 11.8 Å². The molecule has 0 radical (unpaired) electrons. The molecule has 98 valence electrons. The summed E-state index contributed by atoms with van der Waals surface area (Å²) in [5.41, 5.74) is -4.87. The molecule has 1 aromatic carbocycles. The average molecular weight is 269 g/mol. The van der Waals surface area contributed by atoms with E-state index in [9.17, 15) is 26.3 Å². The molecule has 8 heteroatoms. The Labute approximate surface area is 97.4 Å². The molecule has 1 rings (SSSR count). The molecule has 18 heavy (non-hydrogen) atoms. The van der Waals surface area contributed by atoms with Crippen LogP contribution < -0.4 is 4.74 Å². The highest BCUT2D eigenvalue weighted by atomic mass is 19.4. The number of hydrogen-bond donors (Lipinski definition) is 0. The van der Waals surface area contributed by atoms with Gasteiger partial charge in [0, 0.05) is 0 Å². The maximum Gasteiger partial charge on any atom is 0.452 e. The maximum atomic E-state index is 12.5. The zero-order chi connectivity index (χ0) is 14.0. The third kappa shape index (κ3) is 2.34. The minimum absolute atomic E-state index is 0.172. The number of halogens is 6. The molecule has 2 nitrogen and oxygen atoms in total. The average Bonchev–Trinajstić information content (AvgIpc) is 2.23. The lowest BCUT2D eigenvalue weighted by Gasteiger charge is -2.31. The zero-order valence-electron chi connectivity index (χ0n) is 8.51. The van der Waals surface area contributed by atoms with Crippen molar-refractivity contribution >= 4 is 0 Å². The van der Waals surface area contributed by atoms with Gasteiger partial charge in [0.1, 0.15) is 11.8 Å². The van der Waals surface area contributed by atoms with Gasteiger partial charge < -0.3 is 4.74 Å². The Morgan fingerprint density at radius 3 is 1.67 bits per heavy atom. The fourth-order valence-corrected chi connectivity index (χ4v) is 1.09. The van der Waals surface area contributed by atoms with E-state index in [1.54, 1.807) is 0 Å². The number of ether oxygens (including phenoxy) is 1. The number of alkyl halides is 6. The second-order valence-corrected chi connectivity index (χ2v) is 3.20. The summed E-state index contributed by atoms with van der Waals surface area (Å²) < 4.78 is 78.8. The van der Waals surface area contributed by atoms with Crippen molar-refractivity contribution in [2.45, 2.75) is 18.0 Å². The van der Waals surface area contributed by atoms with Crippen LogP contribution in [-0.4, -0.2) is 18.0 Å². The van der Waals surface area contributed by atoms with Crippen LogP contribution in [-0.2, 0) is 0 Å². The number of rotatable bonds is 2. The zero-order valence-corrected chi connectivity index (χ0v) is 8.51. The first-order valence-corrected chi connectivity index (χ1v) is 4.43.